The van der Waals surface area contributed by atoms with Crippen LogP contribution in [0.4, 0.5) is 0 Å². The van der Waals surface area contributed by atoms with Gasteiger partial charge in [-0.25, -0.2) is 0 Å². The minimum absolute atomic E-state index is 0.0212. The van der Waals surface area contributed by atoms with Gasteiger partial charge in [0, 0.05) is 24.5 Å². The molecule has 2 aromatic heterocycles. The molecule has 142 valence electrons. The van der Waals surface area contributed by atoms with Crippen LogP contribution in [0, 0.1) is 5.92 Å². The van der Waals surface area contributed by atoms with Crippen molar-refractivity contribution in [1.29, 1.82) is 0 Å². The van der Waals surface area contributed by atoms with Gasteiger partial charge in [0.25, 0.3) is 5.91 Å². The fourth-order valence-corrected chi connectivity index (χ4v) is 4.87. The standard InChI is InChI=1S/C20H21BrN2O3S/c1-25-14-5-13(6-15(7-14)26-2)10-23-17(20(24)22-9-12-3-4-12)8-18-19(23)16(21)11-27-18/h5-8,11-12H,3-4,9-10H2,1-2H3,(H,22,24). The van der Waals surface area contributed by atoms with Gasteiger partial charge in [-0.2, -0.15) is 0 Å². The molecule has 3 aromatic rings. The first-order valence-corrected chi connectivity index (χ1v) is 10.5. The minimum Gasteiger partial charge on any atom is -0.497 e. The van der Waals surface area contributed by atoms with Crippen molar-refractivity contribution in [3.8, 4) is 11.5 Å². The predicted molar refractivity (Wildman–Crippen MR) is 111 cm³/mol. The first kappa shape index (κ1) is 18.4. The van der Waals surface area contributed by atoms with E-state index < -0.39 is 0 Å². The second kappa shape index (κ2) is 7.56. The molecule has 4 rings (SSSR count). The van der Waals surface area contributed by atoms with Gasteiger partial charge in [0.15, 0.2) is 0 Å². The number of aromatic nitrogens is 1. The van der Waals surface area contributed by atoms with Gasteiger partial charge in [-0.05, 0) is 58.5 Å². The molecule has 1 saturated carbocycles. The van der Waals surface area contributed by atoms with E-state index in [-0.39, 0.29) is 5.91 Å². The Bertz CT molecular complexity index is 968. The first-order valence-electron chi connectivity index (χ1n) is 8.85. The van der Waals surface area contributed by atoms with Crippen LogP contribution in [0.2, 0.25) is 0 Å². The Hall–Kier alpha value is -1.99. The smallest absolute Gasteiger partial charge is 0.267 e. The summed E-state index contributed by atoms with van der Waals surface area (Å²) in [6, 6.07) is 7.77. The van der Waals surface area contributed by atoms with Gasteiger partial charge in [0.1, 0.15) is 17.2 Å². The Morgan fingerprint density at radius 3 is 2.56 bits per heavy atom. The molecule has 0 saturated heterocycles. The molecule has 1 N–H and O–H groups in total. The maximum atomic E-state index is 12.8. The zero-order chi connectivity index (χ0) is 19.0. The lowest BCUT2D eigenvalue weighted by Crippen LogP contribution is -2.28. The number of halogens is 1. The molecule has 1 fully saturated rings. The van der Waals surface area contributed by atoms with E-state index in [9.17, 15) is 4.79 Å². The van der Waals surface area contributed by atoms with E-state index in [2.05, 4.69) is 31.2 Å². The summed E-state index contributed by atoms with van der Waals surface area (Å²) in [5, 5.41) is 5.14. The third-order valence-corrected chi connectivity index (χ3v) is 6.64. The predicted octanol–water partition coefficient (Wildman–Crippen LogP) is 4.67. The van der Waals surface area contributed by atoms with Crippen LogP contribution in [0.3, 0.4) is 0 Å². The molecule has 0 bridgehead atoms. The average molecular weight is 449 g/mol. The van der Waals surface area contributed by atoms with Crippen LogP contribution in [0.15, 0.2) is 34.1 Å². The lowest BCUT2D eigenvalue weighted by Gasteiger charge is -2.13. The number of amides is 1. The first-order chi connectivity index (χ1) is 13.1. The van der Waals surface area contributed by atoms with Crippen molar-refractivity contribution >= 4 is 43.4 Å². The number of carbonyl (C=O) groups excluding carboxylic acids is 1. The summed E-state index contributed by atoms with van der Waals surface area (Å²) in [7, 11) is 3.28. The van der Waals surface area contributed by atoms with Crippen molar-refractivity contribution in [2.75, 3.05) is 20.8 Å². The molecule has 0 aliphatic heterocycles. The van der Waals surface area contributed by atoms with Crippen molar-refractivity contribution in [2.24, 2.45) is 5.92 Å². The average Bonchev–Trinajstić information content (AvgIpc) is 3.34. The lowest BCUT2D eigenvalue weighted by atomic mass is 10.2. The highest BCUT2D eigenvalue weighted by atomic mass is 79.9. The molecular formula is C20H21BrN2O3S. The lowest BCUT2D eigenvalue weighted by molar-refractivity contribution is 0.0943. The number of carbonyl (C=O) groups is 1. The Labute approximate surface area is 170 Å². The van der Waals surface area contributed by atoms with Crippen LogP contribution in [0.1, 0.15) is 28.9 Å². The number of rotatable bonds is 7. The second-order valence-electron chi connectivity index (χ2n) is 6.79. The topological polar surface area (TPSA) is 52.5 Å². The summed E-state index contributed by atoms with van der Waals surface area (Å²) in [4.78, 5) is 12.8. The zero-order valence-electron chi connectivity index (χ0n) is 15.3. The van der Waals surface area contributed by atoms with E-state index in [0.717, 1.165) is 38.3 Å². The SMILES string of the molecule is COc1cc(Cn2c(C(=O)NCC3CC3)cc3scc(Br)c32)cc(OC)c1. The van der Waals surface area contributed by atoms with E-state index in [1.54, 1.807) is 25.6 Å². The van der Waals surface area contributed by atoms with E-state index in [1.807, 2.05) is 24.3 Å². The Balaban J connectivity index is 1.71. The van der Waals surface area contributed by atoms with Crippen molar-refractivity contribution in [1.82, 2.24) is 9.88 Å². The quantitative estimate of drug-likeness (QED) is 0.571. The number of fused-ring (bicyclic) bond motifs is 1. The van der Waals surface area contributed by atoms with Crippen molar-refractivity contribution in [2.45, 2.75) is 19.4 Å². The van der Waals surface area contributed by atoms with Crippen LogP contribution in [-0.4, -0.2) is 31.2 Å². The summed E-state index contributed by atoms with van der Waals surface area (Å²) in [6.07, 6.45) is 2.43. The van der Waals surface area contributed by atoms with Crippen LogP contribution < -0.4 is 14.8 Å². The molecule has 0 unspecified atom stereocenters. The number of nitrogens with one attached hydrogen (secondary N) is 1. The number of ether oxygens (including phenoxy) is 2. The highest BCUT2D eigenvalue weighted by Crippen LogP contribution is 2.35. The maximum Gasteiger partial charge on any atom is 0.267 e. The largest absolute Gasteiger partial charge is 0.497 e. The molecule has 5 nitrogen and oxygen atoms in total. The van der Waals surface area contributed by atoms with Crippen LogP contribution in [0.25, 0.3) is 10.2 Å². The third-order valence-electron chi connectivity index (χ3n) is 4.81. The summed E-state index contributed by atoms with van der Waals surface area (Å²) in [5.41, 5.74) is 2.73. The molecule has 1 aliphatic rings. The monoisotopic (exact) mass is 448 g/mol. The van der Waals surface area contributed by atoms with E-state index in [1.165, 1.54) is 12.8 Å². The fraction of sp³-hybridized carbons (Fsp3) is 0.350. The number of benzene rings is 1. The van der Waals surface area contributed by atoms with Crippen molar-refractivity contribution in [3.05, 3.63) is 45.4 Å². The maximum absolute atomic E-state index is 12.8. The van der Waals surface area contributed by atoms with E-state index in [4.69, 9.17) is 9.47 Å². The third kappa shape index (κ3) is 3.84. The van der Waals surface area contributed by atoms with E-state index >= 15 is 0 Å². The molecule has 1 aliphatic carbocycles. The molecule has 0 radical (unpaired) electrons. The number of methoxy groups -OCH3 is 2. The number of nitrogens with zero attached hydrogens (tertiary/aromatic N) is 1. The van der Waals surface area contributed by atoms with Gasteiger partial charge in [-0.3, -0.25) is 4.79 Å². The molecule has 1 aromatic carbocycles. The molecular weight excluding hydrogens is 428 g/mol. The van der Waals surface area contributed by atoms with Crippen molar-refractivity contribution in [3.63, 3.8) is 0 Å². The second-order valence-corrected chi connectivity index (χ2v) is 8.55. The van der Waals surface area contributed by atoms with Gasteiger partial charge in [0.2, 0.25) is 0 Å². The minimum atomic E-state index is -0.0212. The summed E-state index contributed by atoms with van der Waals surface area (Å²) in [5.74, 6) is 2.09. The van der Waals surface area contributed by atoms with Gasteiger partial charge in [0.05, 0.1) is 28.9 Å². The normalized spacial score (nSPS) is 13.7. The number of hydrogen-bond donors (Lipinski definition) is 1. The van der Waals surface area contributed by atoms with Crippen molar-refractivity contribution < 1.29 is 14.3 Å². The van der Waals surface area contributed by atoms with E-state index in [0.29, 0.717) is 18.2 Å². The number of hydrogen-bond acceptors (Lipinski definition) is 4. The summed E-state index contributed by atoms with van der Waals surface area (Å²) < 4.78 is 14.9. The molecule has 2 heterocycles. The van der Waals surface area contributed by atoms with Gasteiger partial charge >= 0.3 is 0 Å². The van der Waals surface area contributed by atoms with Crippen LogP contribution in [-0.2, 0) is 6.54 Å². The Kier molecular flexibility index (Phi) is 5.14. The fourth-order valence-electron chi connectivity index (χ4n) is 3.17. The summed E-state index contributed by atoms with van der Waals surface area (Å²) in [6.45, 7) is 1.31. The Morgan fingerprint density at radius 1 is 1.22 bits per heavy atom. The Morgan fingerprint density at radius 2 is 1.93 bits per heavy atom. The zero-order valence-corrected chi connectivity index (χ0v) is 17.7. The summed E-state index contributed by atoms with van der Waals surface area (Å²) >= 11 is 5.26. The highest BCUT2D eigenvalue weighted by molar-refractivity contribution is 9.10. The number of thiophene rings is 1. The highest BCUT2D eigenvalue weighted by Gasteiger charge is 2.24. The van der Waals surface area contributed by atoms with Crippen LogP contribution in [0.5, 0.6) is 11.5 Å². The van der Waals surface area contributed by atoms with Gasteiger partial charge in [-0.1, -0.05) is 0 Å². The molecule has 7 heteroatoms. The molecule has 0 atom stereocenters. The van der Waals surface area contributed by atoms with Gasteiger partial charge < -0.3 is 19.4 Å². The molecule has 1 amide bonds. The molecule has 27 heavy (non-hydrogen) atoms. The van der Waals surface area contributed by atoms with Crippen LogP contribution >= 0.6 is 27.3 Å². The molecule has 0 spiro atoms. The van der Waals surface area contributed by atoms with Gasteiger partial charge in [-0.15, -0.1) is 11.3 Å².